The first-order chi connectivity index (χ1) is 23.9. The lowest BCUT2D eigenvalue weighted by Crippen LogP contribution is -2.87. The average molecular weight is 596 g/mol. The normalized spacial score (nSPS) is 15.3. The van der Waals surface area contributed by atoms with Crippen LogP contribution in [0.15, 0.2) is 121 Å². The molecule has 0 aliphatic carbocycles. The highest BCUT2D eigenvalue weighted by Gasteiger charge is 2.56. The van der Waals surface area contributed by atoms with Crippen molar-refractivity contribution in [2.24, 2.45) is 0 Å². The molecule has 0 N–H and O–H groups in total. The van der Waals surface area contributed by atoms with Crippen molar-refractivity contribution in [3.8, 4) is 11.4 Å². The third kappa shape index (κ3) is 2.02. The highest BCUT2D eigenvalue weighted by molar-refractivity contribution is 7.20. The van der Waals surface area contributed by atoms with E-state index in [-0.39, 0.29) is 26.9 Å². The van der Waals surface area contributed by atoms with Crippen LogP contribution in [0.1, 0.15) is 0 Å². The Kier molecular flexibility index (Phi) is 3.32. The summed E-state index contributed by atoms with van der Waals surface area (Å²) in [7, 11) is 0. The van der Waals surface area contributed by atoms with Crippen LogP contribution in [0.5, 0.6) is 0 Å². The van der Waals surface area contributed by atoms with E-state index < -0.39 is 0 Å². The maximum absolute atomic E-state index is 2.75. The van der Waals surface area contributed by atoms with Crippen LogP contribution < -0.4 is 65.6 Å². The predicted molar refractivity (Wildman–Crippen MR) is 207 cm³/mol. The first-order valence-electron chi connectivity index (χ1n) is 17.4. The maximum Gasteiger partial charge on any atom is 0.252 e. The van der Waals surface area contributed by atoms with E-state index >= 15 is 0 Å². The summed E-state index contributed by atoms with van der Waals surface area (Å²) in [5.41, 5.74) is 26.7. The molecule has 48 heavy (non-hydrogen) atoms. The Hall–Kier alpha value is -5.60. The van der Waals surface area contributed by atoms with Gasteiger partial charge in [-0.3, -0.25) is 0 Å². The van der Waals surface area contributed by atoms with E-state index in [1.54, 1.807) is 16.4 Å². The summed E-state index contributed by atoms with van der Waals surface area (Å²) in [6, 6.07) is 47.5. The highest BCUT2D eigenvalue weighted by atomic mass is 15.0. The number of nitrogens with zero attached hydrogens (tertiary/aromatic N) is 2. The van der Waals surface area contributed by atoms with Gasteiger partial charge >= 0.3 is 0 Å². The van der Waals surface area contributed by atoms with Gasteiger partial charge in [0.2, 0.25) is 20.1 Å². The molecule has 0 radical (unpaired) electrons. The zero-order valence-electron chi connectivity index (χ0n) is 25.8. The van der Waals surface area contributed by atoms with E-state index in [0.717, 1.165) is 0 Å². The highest BCUT2D eigenvalue weighted by Crippen LogP contribution is 2.40. The minimum absolute atomic E-state index is 0.190. The Labute approximate surface area is 276 Å². The van der Waals surface area contributed by atoms with Crippen molar-refractivity contribution >= 4 is 136 Å². The van der Waals surface area contributed by atoms with Gasteiger partial charge in [-0.15, -0.1) is 0 Å². The molecule has 2 aromatic heterocycles. The van der Waals surface area contributed by atoms with E-state index in [1.807, 2.05) is 0 Å². The van der Waals surface area contributed by atoms with Crippen molar-refractivity contribution in [2.75, 3.05) is 0 Å². The Morgan fingerprint density at radius 1 is 0.271 bits per heavy atom. The van der Waals surface area contributed by atoms with Gasteiger partial charge in [-0.1, -0.05) is 160 Å². The number of aromatic nitrogens is 2. The number of para-hydroxylation sites is 4. The van der Waals surface area contributed by atoms with Gasteiger partial charge < -0.3 is 9.13 Å². The first-order valence-corrected chi connectivity index (χ1v) is 17.4. The van der Waals surface area contributed by atoms with Gasteiger partial charge in [0, 0.05) is 55.0 Å². The molecular formula is C42H20B4N2. The molecule has 0 bridgehead atoms. The third-order valence-electron chi connectivity index (χ3n) is 13.4. The fourth-order valence-corrected chi connectivity index (χ4v) is 12.2. The quantitative estimate of drug-likeness (QED) is 0.216. The number of benzene rings is 7. The molecule has 9 aromatic rings. The summed E-state index contributed by atoms with van der Waals surface area (Å²) >= 11 is 0. The minimum Gasteiger partial charge on any atom is -0.311 e. The summed E-state index contributed by atoms with van der Waals surface area (Å²) in [4.78, 5) is 0. The van der Waals surface area contributed by atoms with Crippen molar-refractivity contribution in [3.05, 3.63) is 121 Å². The van der Waals surface area contributed by atoms with E-state index in [1.165, 1.54) is 104 Å². The second-order valence-electron chi connectivity index (χ2n) is 15.0. The van der Waals surface area contributed by atoms with Gasteiger partial charge in [0.15, 0.2) is 0 Å². The fourth-order valence-electron chi connectivity index (χ4n) is 12.2. The van der Waals surface area contributed by atoms with E-state index in [4.69, 9.17) is 0 Å². The molecule has 15 rings (SSSR count). The zero-order chi connectivity index (χ0) is 30.3. The number of fused-ring (bicyclic) bond motifs is 12. The van der Waals surface area contributed by atoms with Gasteiger partial charge in [-0.05, 0) is 27.3 Å². The fraction of sp³-hybridized carbons (Fsp3) is 0. The summed E-state index contributed by atoms with van der Waals surface area (Å²) in [6.07, 6.45) is 0. The molecule has 0 spiro atoms. The minimum atomic E-state index is 0.190. The monoisotopic (exact) mass is 596 g/mol. The zero-order valence-corrected chi connectivity index (χ0v) is 25.8. The van der Waals surface area contributed by atoms with Crippen LogP contribution in [0, 0.1) is 0 Å². The Morgan fingerprint density at radius 3 is 0.917 bits per heavy atom. The molecule has 0 unspecified atom stereocenters. The molecule has 0 saturated carbocycles. The molecule has 2 nitrogen and oxygen atoms in total. The second-order valence-corrected chi connectivity index (χ2v) is 15.0. The first kappa shape index (κ1) is 22.8. The lowest BCUT2D eigenvalue weighted by molar-refractivity contribution is 1.16. The van der Waals surface area contributed by atoms with Crippen molar-refractivity contribution < 1.29 is 0 Å². The number of hydrogen-bond acceptors (Lipinski definition) is 0. The van der Waals surface area contributed by atoms with Gasteiger partial charge in [-0.25, -0.2) is 0 Å². The Morgan fingerprint density at radius 2 is 0.562 bits per heavy atom. The van der Waals surface area contributed by atoms with E-state index in [2.05, 4.69) is 130 Å². The second kappa shape index (κ2) is 6.98. The van der Waals surface area contributed by atoms with E-state index in [9.17, 15) is 0 Å². The molecule has 0 atom stereocenters. The average Bonchev–Trinajstić information content (AvgIpc) is 3.67. The van der Waals surface area contributed by atoms with Gasteiger partial charge in [0.05, 0.1) is 0 Å². The standard InChI is InChI=1S/C42H20B4N2/c1-3-15-27-25(13-1)43-26-14-2-4-16-28(26)45-30-18-6-10-22-24-12-8-20-32-40(24)48(38(22)30)42-35(45)33(43)34-41-36(42)46(32)31-19-7-11-23-21-9-5-17-29(44(27)34)37(21)47(41)39(23)31/h1-20H. The SMILES string of the molecule is c1ccc2c(c1)B1c3ccccc3B3c4c1c1c5c6c4-n4c7c3cccc7c3cccc(c34)B6c3cccc4c6cccc(c6n-5c34)B21. The van der Waals surface area contributed by atoms with Crippen LogP contribution in [0.25, 0.3) is 55.0 Å². The Bertz CT molecular complexity index is 2960. The van der Waals surface area contributed by atoms with Crippen LogP contribution in [0.2, 0.25) is 0 Å². The smallest absolute Gasteiger partial charge is 0.252 e. The molecule has 6 aliphatic heterocycles. The molecule has 7 aromatic carbocycles. The number of hydrogen-bond donors (Lipinski definition) is 0. The van der Waals surface area contributed by atoms with Crippen LogP contribution in [-0.2, 0) is 0 Å². The summed E-state index contributed by atoms with van der Waals surface area (Å²) < 4.78 is 5.49. The summed E-state index contributed by atoms with van der Waals surface area (Å²) in [5, 5.41) is 5.56. The molecule has 6 aliphatic rings. The molecule has 210 valence electrons. The molecule has 8 heterocycles. The summed E-state index contributed by atoms with van der Waals surface area (Å²) in [6.45, 7) is 0.811. The molecular weight excluding hydrogens is 576 g/mol. The lowest BCUT2D eigenvalue weighted by atomic mass is 9.13. The van der Waals surface area contributed by atoms with E-state index in [0.29, 0.717) is 0 Å². The Balaban J connectivity index is 1.32. The topological polar surface area (TPSA) is 9.86 Å². The van der Waals surface area contributed by atoms with Crippen molar-refractivity contribution in [3.63, 3.8) is 0 Å². The van der Waals surface area contributed by atoms with Gasteiger partial charge in [-0.2, -0.15) is 0 Å². The van der Waals surface area contributed by atoms with Crippen molar-refractivity contribution in [1.82, 2.24) is 9.13 Å². The molecule has 0 saturated heterocycles. The van der Waals surface area contributed by atoms with Crippen molar-refractivity contribution in [2.45, 2.75) is 0 Å². The third-order valence-corrected chi connectivity index (χ3v) is 13.4. The van der Waals surface area contributed by atoms with Crippen LogP contribution in [0.3, 0.4) is 0 Å². The summed E-state index contributed by atoms with van der Waals surface area (Å²) in [5.74, 6) is 0. The van der Waals surface area contributed by atoms with Crippen LogP contribution >= 0.6 is 0 Å². The van der Waals surface area contributed by atoms with Gasteiger partial charge in [0.1, 0.15) is 0 Å². The van der Waals surface area contributed by atoms with Crippen LogP contribution in [0.4, 0.5) is 0 Å². The maximum atomic E-state index is 2.75. The number of rotatable bonds is 0. The molecule has 6 heteroatoms. The van der Waals surface area contributed by atoms with Crippen LogP contribution in [-0.4, -0.2) is 36.0 Å². The molecule has 0 fully saturated rings. The molecule has 0 amide bonds. The van der Waals surface area contributed by atoms with Crippen molar-refractivity contribution in [1.29, 1.82) is 0 Å². The van der Waals surface area contributed by atoms with Gasteiger partial charge in [0.25, 0.3) is 6.71 Å². The predicted octanol–water partition coefficient (Wildman–Crippen LogP) is -0.174. The lowest BCUT2D eigenvalue weighted by Gasteiger charge is -2.48. The largest absolute Gasteiger partial charge is 0.311 e.